The van der Waals surface area contributed by atoms with Gasteiger partial charge >= 0.3 is 0 Å². The fraction of sp³-hybridized carbons (Fsp3) is 0.286. The van der Waals surface area contributed by atoms with E-state index in [1.54, 1.807) is 11.3 Å². The molecule has 0 saturated heterocycles. The highest BCUT2D eigenvalue weighted by molar-refractivity contribution is 7.09. The summed E-state index contributed by atoms with van der Waals surface area (Å²) in [5, 5.41) is 6.14. The number of rotatable bonds is 6. The lowest BCUT2D eigenvalue weighted by molar-refractivity contribution is 0.0954. The number of aromatic nitrogens is 1. The lowest BCUT2D eigenvalue weighted by Gasteiger charge is -2.06. The Kier molecular flexibility index (Phi) is 5.06. The normalized spacial score (nSPS) is 10.4. The Labute approximate surface area is 116 Å². The van der Waals surface area contributed by atoms with Crippen LogP contribution >= 0.6 is 11.3 Å². The third kappa shape index (κ3) is 4.46. The smallest absolute Gasteiger partial charge is 0.251 e. The van der Waals surface area contributed by atoms with Gasteiger partial charge in [-0.1, -0.05) is 17.7 Å². The highest BCUT2D eigenvalue weighted by atomic mass is 32.1. The molecule has 0 saturated carbocycles. The SMILES string of the molecule is Cc1ccc(C(=O)NCCNCc2cncs2)cc1. The molecule has 2 N–H and O–H groups in total. The molecule has 0 aliphatic heterocycles. The van der Waals surface area contributed by atoms with Crippen molar-refractivity contribution in [2.75, 3.05) is 13.1 Å². The molecule has 1 heterocycles. The molecule has 1 aromatic carbocycles. The number of carbonyl (C=O) groups is 1. The van der Waals surface area contributed by atoms with E-state index in [-0.39, 0.29) is 5.91 Å². The molecular formula is C14H17N3OS. The van der Waals surface area contributed by atoms with Crippen molar-refractivity contribution in [2.45, 2.75) is 13.5 Å². The molecule has 0 spiro atoms. The Bertz CT molecular complexity index is 508. The summed E-state index contributed by atoms with van der Waals surface area (Å²) >= 11 is 1.62. The highest BCUT2D eigenvalue weighted by Gasteiger charge is 2.03. The number of nitrogens with one attached hydrogen (secondary N) is 2. The summed E-state index contributed by atoms with van der Waals surface area (Å²) in [5.74, 6) is -0.0282. The maximum Gasteiger partial charge on any atom is 0.251 e. The van der Waals surface area contributed by atoms with Gasteiger partial charge in [-0.2, -0.15) is 0 Å². The van der Waals surface area contributed by atoms with Crippen LogP contribution in [0, 0.1) is 6.92 Å². The molecule has 100 valence electrons. The number of amides is 1. The molecule has 0 aliphatic carbocycles. The summed E-state index contributed by atoms with van der Waals surface area (Å²) < 4.78 is 0. The molecule has 0 fully saturated rings. The first-order valence-electron chi connectivity index (χ1n) is 6.18. The topological polar surface area (TPSA) is 54.0 Å². The van der Waals surface area contributed by atoms with E-state index in [0.717, 1.165) is 18.7 Å². The van der Waals surface area contributed by atoms with Gasteiger partial charge in [-0.25, -0.2) is 0 Å². The molecule has 5 heteroatoms. The van der Waals surface area contributed by atoms with Crippen molar-refractivity contribution < 1.29 is 4.79 Å². The van der Waals surface area contributed by atoms with Crippen molar-refractivity contribution in [1.82, 2.24) is 15.6 Å². The van der Waals surface area contributed by atoms with Crippen LogP contribution in [0.3, 0.4) is 0 Å². The average molecular weight is 275 g/mol. The first kappa shape index (κ1) is 13.7. The van der Waals surface area contributed by atoms with Crippen LogP contribution in [-0.4, -0.2) is 24.0 Å². The summed E-state index contributed by atoms with van der Waals surface area (Å²) in [7, 11) is 0. The Morgan fingerprint density at radius 2 is 2.05 bits per heavy atom. The molecule has 0 atom stereocenters. The van der Waals surface area contributed by atoms with Gasteiger partial charge in [0.1, 0.15) is 0 Å². The Morgan fingerprint density at radius 1 is 1.26 bits per heavy atom. The molecule has 1 aromatic heterocycles. The van der Waals surface area contributed by atoms with Crippen molar-refractivity contribution >= 4 is 17.2 Å². The van der Waals surface area contributed by atoms with Crippen molar-refractivity contribution in [1.29, 1.82) is 0 Å². The molecule has 2 rings (SSSR count). The zero-order valence-electron chi connectivity index (χ0n) is 10.8. The van der Waals surface area contributed by atoms with E-state index in [0.29, 0.717) is 12.1 Å². The van der Waals surface area contributed by atoms with Gasteiger partial charge in [0, 0.05) is 36.3 Å². The van der Waals surface area contributed by atoms with E-state index >= 15 is 0 Å². The number of aryl methyl sites for hydroxylation is 1. The monoisotopic (exact) mass is 275 g/mol. The van der Waals surface area contributed by atoms with Gasteiger partial charge in [0.25, 0.3) is 5.91 Å². The van der Waals surface area contributed by atoms with Gasteiger partial charge < -0.3 is 10.6 Å². The number of carbonyl (C=O) groups excluding carboxylic acids is 1. The maximum absolute atomic E-state index is 11.8. The van der Waals surface area contributed by atoms with E-state index in [9.17, 15) is 4.79 Å². The maximum atomic E-state index is 11.8. The minimum atomic E-state index is -0.0282. The van der Waals surface area contributed by atoms with Crippen molar-refractivity contribution in [3.05, 3.63) is 52.0 Å². The number of thiazole rings is 1. The standard InChI is InChI=1S/C14H17N3OS/c1-11-2-4-12(5-3-11)14(18)17-7-6-15-8-13-9-16-10-19-13/h2-5,9-10,15H,6-8H2,1H3,(H,17,18). The molecule has 0 bridgehead atoms. The van der Waals surface area contributed by atoms with Crippen LogP contribution in [0.2, 0.25) is 0 Å². The van der Waals surface area contributed by atoms with Crippen LogP contribution < -0.4 is 10.6 Å². The first-order chi connectivity index (χ1) is 9.25. The first-order valence-corrected chi connectivity index (χ1v) is 7.06. The molecule has 0 unspecified atom stereocenters. The van der Waals surface area contributed by atoms with Crippen molar-refractivity contribution in [3.8, 4) is 0 Å². The summed E-state index contributed by atoms with van der Waals surface area (Å²) in [6, 6.07) is 7.57. The zero-order chi connectivity index (χ0) is 13.5. The van der Waals surface area contributed by atoms with Crippen LogP contribution in [-0.2, 0) is 6.54 Å². The Balaban J connectivity index is 1.65. The van der Waals surface area contributed by atoms with Crippen LogP contribution in [0.15, 0.2) is 36.0 Å². The number of benzene rings is 1. The zero-order valence-corrected chi connectivity index (χ0v) is 11.7. The van der Waals surface area contributed by atoms with E-state index in [1.165, 1.54) is 4.88 Å². The molecule has 4 nitrogen and oxygen atoms in total. The third-order valence-electron chi connectivity index (χ3n) is 2.68. The summed E-state index contributed by atoms with van der Waals surface area (Å²) in [4.78, 5) is 17.0. The summed E-state index contributed by atoms with van der Waals surface area (Å²) in [6.45, 7) is 4.16. The van der Waals surface area contributed by atoms with E-state index in [1.807, 2.05) is 42.9 Å². The minimum absolute atomic E-state index is 0.0282. The van der Waals surface area contributed by atoms with Crippen LogP contribution in [0.5, 0.6) is 0 Å². The number of hydrogen-bond acceptors (Lipinski definition) is 4. The van der Waals surface area contributed by atoms with Crippen molar-refractivity contribution in [3.63, 3.8) is 0 Å². The van der Waals surface area contributed by atoms with Gasteiger partial charge in [0.05, 0.1) is 5.51 Å². The van der Waals surface area contributed by atoms with Gasteiger partial charge in [0.2, 0.25) is 0 Å². The van der Waals surface area contributed by atoms with E-state index in [4.69, 9.17) is 0 Å². The van der Waals surface area contributed by atoms with Gasteiger partial charge in [-0.05, 0) is 19.1 Å². The van der Waals surface area contributed by atoms with Gasteiger partial charge in [-0.15, -0.1) is 11.3 Å². The second-order valence-corrected chi connectivity index (χ2v) is 5.24. The fourth-order valence-electron chi connectivity index (χ4n) is 1.61. The number of nitrogens with zero attached hydrogens (tertiary/aromatic N) is 1. The second kappa shape index (κ2) is 7.01. The molecular weight excluding hydrogens is 258 g/mol. The second-order valence-electron chi connectivity index (χ2n) is 4.27. The third-order valence-corrected chi connectivity index (χ3v) is 3.46. The fourth-order valence-corrected chi connectivity index (χ4v) is 2.18. The predicted molar refractivity (Wildman–Crippen MR) is 77.3 cm³/mol. The van der Waals surface area contributed by atoms with Crippen LogP contribution in [0.1, 0.15) is 20.8 Å². The largest absolute Gasteiger partial charge is 0.351 e. The summed E-state index contributed by atoms with van der Waals surface area (Å²) in [6.07, 6.45) is 1.85. The van der Waals surface area contributed by atoms with Gasteiger partial charge in [-0.3, -0.25) is 9.78 Å². The number of hydrogen-bond donors (Lipinski definition) is 2. The average Bonchev–Trinajstić information content (AvgIpc) is 2.92. The lowest BCUT2D eigenvalue weighted by Crippen LogP contribution is -2.31. The lowest BCUT2D eigenvalue weighted by atomic mass is 10.1. The van der Waals surface area contributed by atoms with Gasteiger partial charge in [0.15, 0.2) is 0 Å². The predicted octanol–water partition coefficient (Wildman–Crippen LogP) is 1.97. The van der Waals surface area contributed by atoms with Crippen molar-refractivity contribution in [2.24, 2.45) is 0 Å². The quantitative estimate of drug-likeness (QED) is 0.793. The van der Waals surface area contributed by atoms with Crippen LogP contribution in [0.25, 0.3) is 0 Å². The minimum Gasteiger partial charge on any atom is -0.351 e. The molecule has 0 aliphatic rings. The molecule has 19 heavy (non-hydrogen) atoms. The molecule has 1 amide bonds. The Morgan fingerprint density at radius 3 is 2.74 bits per heavy atom. The van der Waals surface area contributed by atoms with Crippen LogP contribution in [0.4, 0.5) is 0 Å². The highest BCUT2D eigenvalue weighted by Crippen LogP contribution is 2.04. The molecule has 0 radical (unpaired) electrons. The molecule has 2 aromatic rings. The van der Waals surface area contributed by atoms with E-state index < -0.39 is 0 Å². The Hall–Kier alpha value is -1.72. The summed E-state index contributed by atoms with van der Waals surface area (Å²) in [5.41, 5.74) is 3.67. The van der Waals surface area contributed by atoms with E-state index in [2.05, 4.69) is 15.6 Å².